The number of Topliss-reactive ketones (excluding diaryl/α,β-unsaturated/α-hetero) is 1. The number of hydrogen-bond donors (Lipinski definition) is 1. The quantitative estimate of drug-likeness (QED) is 0.494. The SMILES string of the molecule is COC(=O)CCC(=O)c1ccc(C#CCCN)cc1. The third-order valence-electron chi connectivity index (χ3n) is 2.49. The summed E-state index contributed by atoms with van der Waals surface area (Å²) < 4.78 is 4.49. The van der Waals surface area contributed by atoms with Crippen molar-refractivity contribution in [3.8, 4) is 11.8 Å². The van der Waals surface area contributed by atoms with E-state index in [1.54, 1.807) is 24.3 Å². The Morgan fingerprint density at radius 3 is 2.47 bits per heavy atom. The van der Waals surface area contributed by atoms with E-state index in [1.807, 2.05) is 0 Å². The number of nitrogens with two attached hydrogens (primary N) is 1. The summed E-state index contributed by atoms with van der Waals surface area (Å²) >= 11 is 0. The van der Waals surface area contributed by atoms with Gasteiger partial charge in [-0.3, -0.25) is 9.59 Å². The molecule has 0 aliphatic heterocycles. The molecule has 0 atom stereocenters. The van der Waals surface area contributed by atoms with Crippen LogP contribution < -0.4 is 5.73 Å². The van der Waals surface area contributed by atoms with Gasteiger partial charge in [0.15, 0.2) is 5.78 Å². The van der Waals surface area contributed by atoms with Gasteiger partial charge >= 0.3 is 5.97 Å². The Kier molecular flexibility index (Phi) is 6.34. The molecule has 0 aliphatic carbocycles. The largest absolute Gasteiger partial charge is 0.469 e. The molecular formula is C15H17NO3. The van der Waals surface area contributed by atoms with Crippen molar-refractivity contribution in [3.63, 3.8) is 0 Å². The van der Waals surface area contributed by atoms with Crippen LogP contribution >= 0.6 is 0 Å². The van der Waals surface area contributed by atoms with Crippen LogP contribution in [0, 0.1) is 11.8 Å². The minimum absolute atomic E-state index is 0.0770. The normalized spacial score (nSPS) is 9.37. The van der Waals surface area contributed by atoms with Gasteiger partial charge in [-0.2, -0.15) is 0 Å². The molecule has 0 heterocycles. The molecule has 100 valence electrons. The van der Waals surface area contributed by atoms with E-state index >= 15 is 0 Å². The standard InChI is InChI=1S/C15H17NO3/c1-19-15(18)10-9-14(17)13-7-5-12(6-8-13)4-2-3-11-16/h5-8H,3,9-11,16H2,1H3. The van der Waals surface area contributed by atoms with Crippen LogP contribution in [0.15, 0.2) is 24.3 Å². The molecule has 0 saturated carbocycles. The monoisotopic (exact) mass is 259 g/mol. The smallest absolute Gasteiger partial charge is 0.305 e. The third kappa shape index (κ3) is 5.36. The lowest BCUT2D eigenvalue weighted by Gasteiger charge is -2.00. The van der Waals surface area contributed by atoms with Crippen molar-refractivity contribution < 1.29 is 14.3 Å². The second kappa shape index (κ2) is 8.06. The molecule has 0 radical (unpaired) electrons. The Balaban J connectivity index is 2.59. The molecule has 4 nitrogen and oxygen atoms in total. The highest BCUT2D eigenvalue weighted by Gasteiger charge is 2.08. The van der Waals surface area contributed by atoms with Gasteiger partial charge in [0.1, 0.15) is 0 Å². The maximum absolute atomic E-state index is 11.8. The maximum Gasteiger partial charge on any atom is 0.305 e. The Hall–Kier alpha value is -2.12. The summed E-state index contributed by atoms with van der Waals surface area (Å²) in [5.41, 5.74) is 6.76. The minimum Gasteiger partial charge on any atom is -0.469 e. The average molecular weight is 259 g/mol. The fourth-order valence-corrected chi connectivity index (χ4v) is 1.44. The van der Waals surface area contributed by atoms with Gasteiger partial charge in [0.05, 0.1) is 13.5 Å². The second-order valence-electron chi connectivity index (χ2n) is 3.92. The topological polar surface area (TPSA) is 69.4 Å². The Bertz CT molecular complexity index is 494. The number of benzene rings is 1. The number of carbonyl (C=O) groups is 2. The molecule has 0 fully saturated rings. The molecule has 0 unspecified atom stereocenters. The first kappa shape index (κ1) is 14.9. The molecule has 19 heavy (non-hydrogen) atoms. The molecule has 0 spiro atoms. The zero-order chi connectivity index (χ0) is 14.1. The van der Waals surface area contributed by atoms with Crippen LogP contribution in [0.2, 0.25) is 0 Å². The van der Waals surface area contributed by atoms with E-state index in [9.17, 15) is 9.59 Å². The molecule has 0 amide bonds. The molecule has 1 aromatic carbocycles. The van der Waals surface area contributed by atoms with Crippen LogP contribution in [0.25, 0.3) is 0 Å². The van der Waals surface area contributed by atoms with E-state index in [-0.39, 0.29) is 24.6 Å². The fourth-order valence-electron chi connectivity index (χ4n) is 1.44. The van der Waals surface area contributed by atoms with Crippen molar-refractivity contribution >= 4 is 11.8 Å². The third-order valence-corrected chi connectivity index (χ3v) is 2.49. The summed E-state index contributed by atoms with van der Waals surface area (Å²) in [5.74, 6) is 5.43. The van der Waals surface area contributed by atoms with Crippen molar-refractivity contribution in [2.45, 2.75) is 19.3 Å². The second-order valence-corrected chi connectivity index (χ2v) is 3.92. The van der Waals surface area contributed by atoms with E-state index in [0.717, 1.165) is 5.56 Å². The lowest BCUT2D eigenvalue weighted by molar-refractivity contribution is -0.140. The zero-order valence-corrected chi connectivity index (χ0v) is 10.9. The number of carbonyl (C=O) groups excluding carboxylic acids is 2. The molecule has 1 rings (SSSR count). The van der Waals surface area contributed by atoms with E-state index in [2.05, 4.69) is 16.6 Å². The van der Waals surface area contributed by atoms with Crippen LogP contribution in [0.4, 0.5) is 0 Å². The molecule has 0 aromatic heterocycles. The van der Waals surface area contributed by atoms with Gasteiger partial charge in [-0.15, -0.1) is 0 Å². The van der Waals surface area contributed by atoms with Crippen LogP contribution in [0.1, 0.15) is 35.2 Å². The average Bonchev–Trinajstić information content (AvgIpc) is 2.45. The van der Waals surface area contributed by atoms with Gasteiger partial charge in [-0.1, -0.05) is 24.0 Å². The Labute approximate surface area is 112 Å². The number of ketones is 1. The Morgan fingerprint density at radius 1 is 1.21 bits per heavy atom. The zero-order valence-electron chi connectivity index (χ0n) is 10.9. The number of esters is 1. The highest BCUT2D eigenvalue weighted by atomic mass is 16.5. The summed E-state index contributed by atoms with van der Waals surface area (Å²) in [4.78, 5) is 22.7. The number of rotatable bonds is 5. The lowest BCUT2D eigenvalue weighted by atomic mass is 10.0. The van der Waals surface area contributed by atoms with Gasteiger partial charge in [0, 0.05) is 30.5 Å². The number of methoxy groups -OCH3 is 1. The first-order chi connectivity index (χ1) is 9.17. The van der Waals surface area contributed by atoms with E-state index in [4.69, 9.17) is 5.73 Å². The maximum atomic E-state index is 11.8. The summed E-state index contributed by atoms with van der Waals surface area (Å²) in [5, 5.41) is 0. The van der Waals surface area contributed by atoms with Gasteiger partial charge in [0.2, 0.25) is 0 Å². The molecule has 1 aromatic rings. The molecule has 0 saturated heterocycles. The van der Waals surface area contributed by atoms with Crippen molar-refractivity contribution in [1.29, 1.82) is 0 Å². The van der Waals surface area contributed by atoms with E-state index < -0.39 is 0 Å². The van der Waals surface area contributed by atoms with Crippen molar-refractivity contribution in [1.82, 2.24) is 0 Å². The van der Waals surface area contributed by atoms with Gasteiger partial charge in [-0.25, -0.2) is 0 Å². The van der Waals surface area contributed by atoms with Crippen molar-refractivity contribution in [2.75, 3.05) is 13.7 Å². The van der Waals surface area contributed by atoms with Crippen molar-refractivity contribution in [2.24, 2.45) is 5.73 Å². The Morgan fingerprint density at radius 2 is 1.89 bits per heavy atom. The van der Waals surface area contributed by atoms with Crippen LogP contribution in [0.5, 0.6) is 0 Å². The summed E-state index contributed by atoms with van der Waals surface area (Å²) in [6.07, 6.45) is 0.915. The molecular weight excluding hydrogens is 242 g/mol. The lowest BCUT2D eigenvalue weighted by Crippen LogP contribution is -2.05. The van der Waals surface area contributed by atoms with Gasteiger partial charge in [0.25, 0.3) is 0 Å². The molecule has 4 heteroatoms. The number of ether oxygens (including phenoxy) is 1. The van der Waals surface area contributed by atoms with Crippen molar-refractivity contribution in [3.05, 3.63) is 35.4 Å². The fraction of sp³-hybridized carbons (Fsp3) is 0.333. The van der Waals surface area contributed by atoms with Gasteiger partial charge < -0.3 is 10.5 Å². The first-order valence-corrected chi connectivity index (χ1v) is 6.06. The number of hydrogen-bond acceptors (Lipinski definition) is 4. The van der Waals surface area contributed by atoms with E-state index in [0.29, 0.717) is 18.5 Å². The summed E-state index contributed by atoms with van der Waals surface area (Å²) in [6.45, 7) is 0.539. The predicted octanol–water partition coefficient (Wildman–Crippen LogP) is 1.52. The first-order valence-electron chi connectivity index (χ1n) is 6.06. The summed E-state index contributed by atoms with van der Waals surface area (Å²) in [6, 6.07) is 7.00. The minimum atomic E-state index is -0.377. The van der Waals surface area contributed by atoms with Crippen LogP contribution in [0.3, 0.4) is 0 Å². The molecule has 2 N–H and O–H groups in total. The highest BCUT2D eigenvalue weighted by Crippen LogP contribution is 2.08. The molecule has 0 bridgehead atoms. The van der Waals surface area contributed by atoms with Crippen LogP contribution in [-0.4, -0.2) is 25.4 Å². The van der Waals surface area contributed by atoms with Crippen LogP contribution in [-0.2, 0) is 9.53 Å². The molecule has 0 aliphatic rings. The summed E-state index contributed by atoms with van der Waals surface area (Å²) in [7, 11) is 1.31. The predicted molar refractivity (Wildman–Crippen MR) is 72.6 cm³/mol. The van der Waals surface area contributed by atoms with Gasteiger partial charge in [-0.05, 0) is 12.1 Å². The highest BCUT2D eigenvalue weighted by molar-refractivity contribution is 5.97. The van der Waals surface area contributed by atoms with E-state index in [1.165, 1.54) is 7.11 Å².